The Bertz CT molecular complexity index is 1160. The van der Waals surface area contributed by atoms with Crippen LogP contribution in [0, 0.1) is 5.82 Å². The molecular formula is C21H13Cl2FN4. The van der Waals surface area contributed by atoms with Crippen molar-refractivity contribution in [3.8, 4) is 11.3 Å². The summed E-state index contributed by atoms with van der Waals surface area (Å²) in [6.45, 7) is 0. The summed E-state index contributed by atoms with van der Waals surface area (Å²) in [4.78, 5) is 9.02. The molecule has 138 valence electrons. The van der Waals surface area contributed by atoms with Crippen LogP contribution in [0.1, 0.15) is 5.56 Å². The number of hydrogen-bond donors (Lipinski definition) is 1. The molecule has 28 heavy (non-hydrogen) atoms. The highest BCUT2D eigenvalue weighted by Crippen LogP contribution is 2.29. The summed E-state index contributed by atoms with van der Waals surface area (Å²) in [5, 5.41) is 5.73. The van der Waals surface area contributed by atoms with Gasteiger partial charge in [0.15, 0.2) is 0 Å². The smallest absolute Gasteiger partial charge is 0.244 e. The summed E-state index contributed by atoms with van der Waals surface area (Å²) < 4.78 is 13.9. The van der Waals surface area contributed by atoms with Gasteiger partial charge < -0.3 is 0 Å². The Morgan fingerprint density at radius 2 is 1.75 bits per heavy atom. The fourth-order valence-corrected chi connectivity index (χ4v) is 3.14. The first-order valence-corrected chi connectivity index (χ1v) is 9.13. The van der Waals surface area contributed by atoms with Gasteiger partial charge in [0.2, 0.25) is 5.95 Å². The molecule has 0 fully saturated rings. The summed E-state index contributed by atoms with van der Waals surface area (Å²) in [5.41, 5.74) is 5.28. The van der Waals surface area contributed by atoms with Crippen LogP contribution in [0.15, 0.2) is 71.8 Å². The lowest BCUT2D eigenvalue weighted by Crippen LogP contribution is -2.00. The van der Waals surface area contributed by atoms with Gasteiger partial charge in [0.1, 0.15) is 5.82 Å². The molecule has 0 spiro atoms. The van der Waals surface area contributed by atoms with Crippen LogP contribution in [0.5, 0.6) is 0 Å². The molecule has 3 aromatic carbocycles. The van der Waals surface area contributed by atoms with Crippen molar-refractivity contribution in [2.24, 2.45) is 5.10 Å². The fourth-order valence-electron chi connectivity index (χ4n) is 2.76. The molecule has 4 aromatic rings. The number of fused-ring (bicyclic) bond motifs is 1. The lowest BCUT2D eigenvalue weighted by Gasteiger charge is -2.09. The Hall–Kier alpha value is -3.02. The predicted molar refractivity (Wildman–Crippen MR) is 113 cm³/mol. The summed E-state index contributed by atoms with van der Waals surface area (Å²) in [7, 11) is 0. The molecule has 4 rings (SSSR count). The zero-order valence-corrected chi connectivity index (χ0v) is 15.9. The number of benzene rings is 3. The molecule has 7 heteroatoms. The van der Waals surface area contributed by atoms with Crippen LogP contribution in [-0.2, 0) is 0 Å². The maximum atomic E-state index is 13.9. The second-order valence-corrected chi connectivity index (χ2v) is 6.77. The highest BCUT2D eigenvalue weighted by molar-refractivity contribution is 6.33. The average Bonchev–Trinajstić information content (AvgIpc) is 2.70. The molecule has 0 aliphatic heterocycles. The van der Waals surface area contributed by atoms with Crippen molar-refractivity contribution in [1.82, 2.24) is 9.97 Å². The quantitative estimate of drug-likeness (QED) is 0.322. The number of anilines is 1. The molecule has 0 atom stereocenters. The van der Waals surface area contributed by atoms with E-state index >= 15 is 0 Å². The standard InChI is InChI=1S/C21H13Cl2FN4/c22-14-9-10-19-15(11-14)20(13-5-2-1-3-6-13)27-21(26-19)28-25-12-16-17(23)7-4-8-18(16)24/h1-12H,(H,26,27,28)/b25-12-. The van der Waals surface area contributed by atoms with Crippen molar-refractivity contribution in [2.75, 3.05) is 5.43 Å². The summed E-state index contributed by atoms with van der Waals surface area (Å²) >= 11 is 12.2. The van der Waals surface area contributed by atoms with Crippen LogP contribution >= 0.6 is 23.2 Å². The molecule has 0 amide bonds. The minimum atomic E-state index is -0.461. The van der Waals surface area contributed by atoms with Gasteiger partial charge in [-0.25, -0.2) is 19.8 Å². The Kier molecular flexibility index (Phi) is 5.19. The third-order valence-electron chi connectivity index (χ3n) is 4.06. The average molecular weight is 411 g/mol. The molecule has 0 aliphatic carbocycles. The monoisotopic (exact) mass is 410 g/mol. The maximum Gasteiger partial charge on any atom is 0.244 e. The zero-order chi connectivity index (χ0) is 19.5. The van der Waals surface area contributed by atoms with Gasteiger partial charge in [0.25, 0.3) is 0 Å². The van der Waals surface area contributed by atoms with Crippen molar-refractivity contribution >= 4 is 46.3 Å². The first-order chi connectivity index (χ1) is 13.6. The number of hydrogen-bond acceptors (Lipinski definition) is 4. The second kappa shape index (κ2) is 7.92. The highest BCUT2D eigenvalue weighted by atomic mass is 35.5. The normalized spacial score (nSPS) is 11.2. The minimum absolute atomic E-state index is 0.188. The number of nitrogens with zero attached hydrogens (tertiary/aromatic N) is 3. The zero-order valence-electron chi connectivity index (χ0n) is 14.4. The predicted octanol–water partition coefficient (Wildman–Crippen LogP) is 6.19. The minimum Gasteiger partial charge on any atom is -0.245 e. The Balaban J connectivity index is 1.74. The molecule has 1 N–H and O–H groups in total. The van der Waals surface area contributed by atoms with Crippen LogP contribution in [0.3, 0.4) is 0 Å². The third-order valence-corrected chi connectivity index (χ3v) is 4.63. The van der Waals surface area contributed by atoms with Crippen molar-refractivity contribution in [2.45, 2.75) is 0 Å². The molecule has 0 saturated carbocycles. The third kappa shape index (κ3) is 3.81. The van der Waals surface area contributed by atoms with Gasteiger partial charge in [0.05, 0.1) is 22.4 Å². The van der Waals surface area contributed by atoms with Crippen LogP contribution in [0.2, 0.25) is 10.0 Å². The summed E-state index contributed by atoms with van der Waals surface area (Å²) in [6.07, 6.45) is 1.30. The molecule has 1 heterocycles. The first kappa shape index (κ1) is 18.3. The second-order valence-electron chi connectivity index (χ2n) is 5.93. The maximum absolute atomic E-state index is 13.9. The van der Waals surface area contributed by atoms with Gasteiger partial charge in [-0.3, -0.25) is 0 Å². The SMILES string of the molecule is Fc1cccc(Cl)c1/C=N\Nc1nc(-c2ccccc2)c2cc(Cl)ccc2n1. The van der Waals surface area contributed by atoms with Crippen LogP contribution < -0.4 is 5.43 Å². The van der Waals surface area contributed by atoms with E-state index in [4.69, 9.17) is 23.2 Å². The van der Waals surface area contributed by atoms with Crippen molar-refractivity contribution < 1.29 is 4.39 Å². The molecule has 0 saturated heterocycles. The summed E-state index contributed by atoms with van der Waals surface area (Å²) in [6, 6.07) is 19.5. The van der Waals surface area contributed by atoms with E-state index in [1.54, 1.807) is 12.1 Å². The van der Waals surface area contributed by atoms with Crippen LogP contribution in [-0.4, -0.2) is 16.2 Å². The lowest BCUT2D eigenvalue weighted by molar-refractivity contribution is 0.626. The molecule has 0 aliphatic rings. The van der Waals surface area contributed by atoms with Crippen molar-refractivity contribution in [3.63, 3.8) is 0 Å². The number of halogens is 3. The molecule has 1 aromatic heterocycles. The van der Waals surface area contributed by atoms with Crippen molar-refractivity contribution in [3.05, 3.63) is 88.2 Å². The number of aromatic nitrogens is 2. The Labute approximate surface area is 170 Å². The van der Waals surface area contributed by atoms with E-state index in [9.17, 15) is 4.39 Å². The largest absolute Gasteiger partial charge is 0.245 e. The summed E-state index contributed by atoms with van der Waals surface area (Å²) in [5.74, 6) is -0.186. The topological polar surface area (TPSA) is 50.2 Å². The number of rotatable bonds is 4. The fraction of sp³-hybridized carbons (Fsp3) is 0. The van der Waals surface area contributed by atoms with E-state index in [1.165, 1.54) is 18.3 Å². The van der Waals surface area contributed by atoms with Gasteiger partial charge in [0, 0.05) is 21.5 Å². The Morgan fingerprint density at radius 3 is 2.54 bits per heavy atom. The lowest BCUT2D eigenvalue weighted by atomic mass is 10.1. The van der Waals surface area contributed by atoms with E-state index < -0.39 is 5.82 Å². The van der Waals surface area contributed by atoms with Gasteiger partial charge in [-0.2, -0.15) is 5.10 Å². The molecular weight excluding hydrogens is 398 g/mol. The molecule has 4 nitrogen and oxygen atoms in total. The highest BCUT2D eigenvalue weighted by Gasteiger charge is 2.10. The van der Waals surface area contributed by atoms with E-state index in [0.717, 1.165) is 16.6 Å². The molecule has 0 unspecified atom stereocenters. The van der Waals surface area contributed by atoms with Gasteiger partial charge in [-0.15, -0.1) is 0 Å². The van der Waals surface area contributed by atoms with E-state index in [1.807, 2.05) is 42.5 Å². The molecule has 0 radical (unpaired) electrons. The Morgan fingerprint density at radius 1 is 0.929 bits per heavy atom. The van der Waals surface area contributed by atoms with Crippen LogP contribution in [0.25, 0.3) is 22.2 Å². The number of nitrogens with one attached hydrogen (secondary N) is 1. The van der Waals surface area contributed by atoms with Crippen LogP contribution in [0.4, 0.5) is 10.3 Å². The van der Waals surface area contributed by atoms with E-state index in [-0.39, 0.29) is 16.5 Å². The van der Waals surface area contributed by atoms with Gasteiger partial charge in [-0.1, -0.05) is 59.6 Å². The van der Waals surface area contributed by atoms with E-state index in [2.05, 4.69) is 20.5 Å². The first-order valence-electron chi connectivity index (χ1n) is 8.37. The van der Waals surface area contributed by atoms with Gasteiger partial charge in [-0.05, 0) is 30.3 Å². The molecule has 0 bridgehead atoms. The van der Waals surface area contributed by atoms with E-state index in [0.29, 0.717) is 10.5 Å². The number of hydrazone groups is 1. The van der Waals surface area contributed by atoms with Gasteiger partial charge >= 0.3 is 0 Å². The van der Waals surface area contributed by atoms with Crippen molar-refractivity contribution in [1.29, 1.82) is 0 Å².